The molecule has 1 aromatic heterocycles. The van der Waals surface area contributed by atoms with Crippen molar-refractivity contribution in [1.29, 1.82) is 0 Å². The molecule has 0 aliphatic rings. The number of aromatic nitrogens is 2. The number of H-pyrrole nitrogens is 1. The van der Waals surface area contributed by atoms with Crippen LogP contribution in [0.3, 0.4) is 0 Å². The second kappa shape index (κ2) is 12.8. The first-order chi connectivity index (χ1) is 14.0. The Hall–Kier alpha value is -2.61. The van der Waals surface area contributed by atoms with Gasteiger partial charge in [0.1, 0.15) is 0 Å². The standard InChI is InChI=1S/C17H22N2.C8H10.C2H6/c1-5-7-16(17-11-18-19-13(17)4)15-9-8-12(3)14(6-2)10-15;1-7-5-3-4-6-8(7)2;1-2/h5,8-11,16H,1,6-7H2,2-4H3,(H,18,19);3-6H,1-2H3;1-2H3. The van der Waals surface area contributed by atoms with Crippen LogP contribution < -0.4 is 0 Å². The van der Waals surface area contributed by atoms with Crippen molar-refractivity contribution in [3.63, 3.8) is 0 Å². The summed E-state index contributed by atoms with van der Waals surface area (Å²) in [7, 11) is 0. The van der Waals surface area contributed by atoms with Gasteiger partial charge in [-0.15, -0.1) is 6.58 Å². The van der Waals surface area contributed by atoms with Gasteiger partial charge in [0, 0.05) is 17.2 Å². The highest BCUT2D eigenvalue weighted by molar-refractivity contribution is 5.39. The third-order valence-electron chi connectivity index (χ3n) is 5.23. The summed E-state index contributed by atoms with van der Waals surface area (Å²) < 4.78 is 0. The summed E-state index contributed by atoms with van der Waals surface area (Å²) >= 11 is 0. The summed E-state index contributed by atoms with van der Waals surface area (Å²) in [6.45, 7) is 18.6. The Morgan fingerprint density at radius 1 is 0.966 bits per heavy atom. The van der Waals surface area contributed by atoms with Gasteiger partial charge in [-0.1, -0.05) is 69.3 Å². The first kappa shape index (κ1) is 24.4. The van der Waals surface area contributed by atoms with Gasteiger partial charge in [-0.3, -0.25) is 5.10 Å². The molecule has 0 aliphatic heterocycles. The highest BCUT2D eigenvalue weighted by Crippen LogP contribution is 2.31. The Morgan fingerprint density at radius 3 is 2.03 bits per heavy atom. The normalized spacial score (nSPS) is 10.9. The predicted octanol–water partition coefficient (Wildman–Crippen LogP) is 7.63. The van der Waals surface area contributed by atoms with Gasteiger partial charge in [0.25, 0.3) is 0 Å². The van der Waals surface area contributed by atoms with Gasteiger partial charge in [-0.25, -0.2) is 0 Å². The first-order valence-electron chi connectivity index (χ1n) is 10.7. The fourth-order valence-corrected chi connectivity index (χ4v) is 3.27. The number of rotatable bonds is 5. The maximum absolute atomic E-state index is 4.15. The van der Waals surface area contributed by atoms with E-state index in [1.165, 1.54) is 33.4 Å². The minimum Gasteiger partial charge on any atom is -0.283 e. The molecule has 0 saturated heterocycles. The van der Waals surface area contributed by atoms with E-state index in [2.05, 4.69) is 93.9 Å². The van der Waals surface area contributed by atoms with Crippen molar-refractivity contribution in [2.45, 2.75) is 67.2 Å². The molecule has 3 aromatic rings. The number of aryl methyl sites for hydroxylation is 5. The van der Waals surface area contributed by atoms with Crippen molar-refractivity contribution in [1.82, 2.24) is 10.2 Å². The number of hydrogen-bond donors (Lipinski definition) is 1. The molecule has 0 bridgehead atoms. The van der Waals surface area contributed by atoms with Crippen LogP contribution in [0.15, 0.2) is 61.3 Å². The topological polar surface area (TPSA) is 28.7 Å². The summed E-state index contributed by atoms with van der Waals surface area (Å²) in [5.74, 6) is 0.349. The Balaban J connectivity index is 0.000000351. The van der Waals surface area contributed by atoms with Gasteiger partial charge in [0.2, 0.25) is 0 Å². The van der Waals surface area contributed by atoms with Crippen molar-refractivity contribution < 1.29 is 0 Å². The van der Waals surface area contributed by atoms with Crippen molar-refractivity contribution in [3.05, 3.63) is 100 Å². The van der Waals surface area contributed by atoms with Crippen molar-refractivity contribution in [3.8, 4) is 0 Å². The molecule has 0 saturated carbocycles. The van der Waals surface area contributed by atoms with Crippen LogP contribution in [0, 0.1) is 27.7 Å². The Morgan fingerprint density at radius 2 is 1.59 bits per heavy atom. The molecule has 1 atom stereocenters. The molecule has 1 heterocycles. The lowest BCUT2D eigenvalue weighted by atomic mass is 9.87. The number of allylic oxidation sites excluding steroid dienone is 1. The average molecular weight is 391 g/mol. The van der Waals surface area contributed by atoms with Crippen LogP contribution in [0.4, 0.5) is 0 Å². The van der Waals surface area contributed by atoms with Crippen LogP contribution in [0.5, 0.6) is 0 Å². The third kappa shape index (κ3) is 7.05. The van der Waals surface area contributed by atoms with E-state index < -0.39 is 0 Å². The van der Waals surface area contributed by atoms with Gasteiger partial charge in [0.15, 0.2) is 0 Å². The van der Waals surface area contributed by atoms with Crippen LogP contribution in [-0.2, 0) is 6.42 Å². The summed E-state index contributed by atoms with van der Waals surface area (Å²) in [4.78, 5) is 0. The molecule has 3 rings (SSSR count). The Bertz CT molecular complexity index is 853. The average Bonchev–Trinajstić information content (AvgIpc) is 3.16. The molecule has 0 fully saturated rings. The molecule has 2 heteroatoms. The number of benzene rings is 2. The van der Waals surface area contributed by atoms with Crippen LogP contribution in [0.1, 0.15) is 72.2 Å². The molecule has 156 valence electrons. The molecule has 0 aliphatic carbocycles. The van der Waals surface area contributed by atoms with E-state index in [9.17, 15) is 0 Å². The molecular weight excluding hydrogens is 352 g/mol. The van der Waals surface area contributed by atoms with Crippen molar-refractivity contribution >= 4 is 0 Å². The highest BCUT2D eigenvalue weighted by Gasteiger charge is 2.17. The summed E-state index contributed by atoms with van der Waals surface area (Å²) in [5.41, 5.74) is 9.29. The molecule has 2 nitrogen and oxygen atoms in total. The molecule has 0 amide bonds. The molecule has 1 N–H and O–H groups in total. The highest BCUT2D eigenvalue weighted by atomic mass is 15.1. The maximum atomic E-state index is 4.15. The van der Waals surface area contributed by atoms with E-state index in [-0.39, 0.29) is 0 Å². The fraction of sp³-hybridized carbons (Fsp3) is 0.370. The largest absolute Gasteiger partial charge is 0.283 e. The summed E-state index contributed by atoms with van der Waals surface area (Å²) in [5, 5.41) is 7.18. The van der Waals surface area contributed by atoms with Crippen molar-refractivity contribution in [2.75, 3.05) is 0 Å². The lowest BCUT2D eigenvalue weighted by molar-refractivity contribution is 0.819. The van der Waals surface area contributed by atoms with E-state index >= 15 is 0 Å². The quantitative estimate of drug-likeness (QED) is 0.446. The fourth-order valence-electron chi connectivity index (χ4n) is 3.27. The zero-order valence-electron chi connectivity index (χ0n) is 19.3. The number of nitrogens with one attached hydrogen (secondary N) is 1. The van der Waals surface area contributed by atoms with Gasteiger partial charge < -0.3 is 0 Å². The maximum Gasteiger partial charge on any atom is 0.0528 e. The second-order valence-corrected chi connectivity index (χ2v) is 7.15. The molecule has 0 radical (unpaired) electrons. The minimum atomic E-state index is 0.349. The molecule has 29 heavy (non-hydrogen) atoms. The zero-order valence-corrected chi connectivity index (χ0v) is 19.3. The van der Waals surface area contributed by atoms with E-state index in [0.29, 0.717) is 5.92 Å². The smallest absolute Gasteiger partial charge is 0.0528 e. The van der Waals surface area contributed by atoms with E-state index in [1.807, 2.05) is 26.1 Å². The minimum absolute atomic E-state index is 0.349. The second-order valence-electron chi connectivity index (χ2n) is 7.15. The zero-order chi connectivity index (χ0) is 21.8. The van der Waals surface area contributed by atoms with Gasteiger partial charge in [0.05, 0.1) is 6.20 Å². The third-order valence-corrected chi connectivity index (χ3v) is 5.23. The number of hydrogen-bond acceptors (Lipinski definition) is 1. The molecule has 0 spiro atoms. The lowest BCUT2D eigenvalue weighted by Gasteiger charge is -2.17. The molecule has 1 unspecified atom stereocenters. The van der Waals surface area contributed by atoms with E-state index in [4.69, 9.17) is 0 Å². The SMILES string of the molecule is C=CCC(c1ccc(C)c(CC)c1)c1cn[nH]c1C.CC.Cc1ccccc1C. The van der Waals surface area contributed by atoms with Gasteiger partial charge in [-0.05, 0) is 68.4 Å². The predicted molar refractivity (Wildman–Crippen MR) is 128 cm³/mol. The molecular formula is C27H38N2. The Labute approximate surface area is 178 Å². The summed E-state index contributed by atoms with van der Waals surface area (Å²) in [6.07, 6.45) is 5.94. The number of nitrogens with zero attached hydrogens (tertiary/aromatic N) is 1. The Kier molecular flexibility index (Phi) is 10.8. The van der Waals surface area contributed by atoms with Gasteiger partial charge in [-0.2, -0.15) is 5.10 Å². The van der Waals surface area contributed by atoms with Crippen LogP contribution in [0.2, 0.25) is 0 Å². The van der Waals surface area contributed by atoms with Crippen LogP contribution in [0.25, 0.3) is 0 Å². The summed E-state index contributed by atoms with van der Waals surface area (Å²) in [6, 6.07) is 15.1. The van der Waals surface area contributed by atoms with Gasteiger partial charge >= 0.3 is 0 Å². The van der Waals surface area contributed by atoms with Crippen molar-refractivity contribution in [2.24, 2.45) is 0 Å². The number of aromatic amines is 1. The molecule has 2 aromatic carbocycles. The lowest BCUT2D eigenvalue weighted by Crippen LogP contribution is -2.02. The van der Waals surface area contributed by atoms with Crippen LogP contribution in [-0.4, -0.2) is 10.2 Å². The van der Waals surface area contributed by atoms with Crippen LogP contribution >= 0.6 is 0 Å². The van der Waals surface area contributed by atoms with E-state index in [1.54, 1.807) is 0 Å². The van der Waals surface area contributed by atoms with E-state index in [0.717, 1.165) is 18.5 Å². The monoisotopic (exact) mass is 390 g/mol. The first-order valence-corrected chi connectivity index (χ1v) is 10.7.